The summed E-state index contributed by atoms with van der Waals surface area (Å²) >= 11 is 6.89. The summed E-state index contributed by atoms with van der Waals surface area (Å²) in [6, 6.07) is 24.3. The number of rotatable bonds is 8. The summed E-state index contributed by atoms with van der Waals surface area (Å²) in [6.07, 6.45) is -4.48. The van der Waals surface area contributed by atoms with Gasteiger partial charge in [0.05, 0.1) is 21.8 Å². The Kier molecular flexibility index (Phi) is 9.20. The van der Waals surface area contributed by atoms with Crippen LogP contribution in [0.2, 0.25) is 5.02 Å². The molecule has 7 nitrogen and oxygen atoms in total. The van der Waals surface area contributed by atoms with Crippen LogP contribution in [-0.2, 0) is 18.0 Å². The largest absolute Gasteiger partial charge is 0.416 e. The van der Waals surface area contributed by atoms with E-state index in [0.717, 1.165) is 12.1 Å². The van der Waals surface area contributed by atoms with Crippen molar-refractivity contribution in [1.82, 2.24) is 15.2 Å². The molecule has 0 aliphatic rings. The number of aromatic nitrogens is 1. The molecule has 2 N–H and O–H groups in total. The van der Waals surface area contributed by atoms with Crippen LogP contribution in [0.1, 0.15) is 44.9 Å². The highest BCUT2D eigenvalue weighted by atomic mass is 35.5. The third kappa shape index (κ3) is 6.21. The lowest BCUT2D eigenvalue weighted by molar-refractivity contribution is -0.137. The smallest absolute Gasteiger partial charge is 0.354 e. The first-order chi connectivity index (χ1) is 21.9. The molecular formula is C35H30ClF3N4O3. The van der Waals surface area contributed by atoms with E-state index in [1.54, 1.807) is 92.3 Å². The maximum absolute atomic E-state index is 14.0. The zero-order chi connectivity index (χ0) is 33.2. The molecule has 4 aromatic carbocycles. The molecule has 5 rings (SSSR count). The molecule has 1 heterocycles. The number of nitrogens with zero attached hydrogens (tertiary/aromatic N) is 2. The summed E-state index contributed by atoms with van der Waals surface area (Å²) in [6.45, 7) is 2.16. The molecule has 0 spiro atoms. The van der Waals surface area contributed by atoms with E-state index in [0.29, 0.717) is 39.8 Å². The Morgan fingerprint density at radius 2 is 1.54 bits per heavy atom. The minimum absolute atomic E-state index is 0.0870. The SMILES string of the molecule is CCNC(=O)[C@@H](NC(=O)c1c(Cl)c2c(N(C)C(=O)c3ccccc3-c3ccc(C(F)(F)F)cc3)cccc2n1C)c1ccccc1. The summed E-state index contributed by atoms with van der Waals surface area (Å²) < 4.78 is 41.1. The Morgan fingerprint density at radius 1 is 0.891 bits per heavy atom. The van der Waals surface area contributed by atoms with E-state index in [9.17, 15) is 27.6 Å². The van der Waals surface area contributed by atoms with Gasteiger partial charge in [-0.2, -0.15) is 13.2 Å². The van der Waals surface area contributed by atoms with Crippen molar-refractivity contribution in [2.45, 2.75) is 19.1 Å². The number of alkyl halides is 3. The van der Waals surface area contributed by atoms with Gasteiger partial charge >= 0.3 is 6.18 Å². The monoisotopic (exact) mass is 646 g/mol. The first-order valence-electron chi connectivity index (χ1n) is 14.4. The average Bonchev–Trinajstić information content (AvgIpc) is 3.32. The molecule has 0 unspecified atom stereocenters. The quantitative estimate of drug-likeness (QED) is 0.184. The standard InChI is InChI=1S/C35H30ClF3N4O3/c1-4-40-32(44)30(22-11-6-5-7-12-22)41-33(45)31-29(36)28-26(42(31)2)15-10-16-27(28)43(3)34(46)25-14-9-8-13-24(25)21-17-19-23(20-18-21)35(37,38)39/h5-20,30H,4H2,1-3H3,(H,40,44)(H,41,45)/t30-/m0/s1. The molecule has 0 aliphatic heterocycles. The van der Waals surface area contributed by atoms with Crippen LogP contribution in [0.5, 0.6) is 0 Å². The van der Waals surface area contributed by atoms with Crippen molar-refractivity contribution in [3.05, 3.63) is 124 Å². The number of amides is 3. The molecule has 5 aromatic rings. The highest BCUT2D eigenvalue weighted by Gasteiger charge is 2.31. The molecule has 11 heteroatoms. The van der Waals surface area contributed by atoms with Crippen molar-refractivity contribution < 1.29 is 27.6 Å². The van der Waals surface area contributed by atoms with Gasteiger partial charge in [-0.25, -0.2) is 0 Å². The average molecular weight is 647 g/mol. The lowest BCUT2D eigenvalue weighted by Gasteiger charge is -2.21. The Bertz CT molecular complexity index is 1920. The van der Waals surface area contributed by atoms with Gasteiger partial charge in [0.2, 0.25) is 5.91 Å². The number of halogens is 4. The van der Waals surface area contributed by atoms with E-state index < -0.39 is 29.6 Å². The highest BCUT2D eigenvalue weighted by Crippen LogP contribution is 2.38. The molecule has 0 saturated carbocycles. The Balaban J connectivity index is 1.51. The summed E-state index contributed by atoms with van der Waals surface area (Å²) in [5, 5.41) is 6.08. The van der Waals surface area contributed by atoms with Gasteiger partial charge in [-0.15, -0.1) is 0 Å². The number of hydrogen-bond acceptors (Lipinski definition) is 3. The van der Waals surface area contributed by atoms with Crippen LogP contribution in [-0.4, -0.2) is 35.9 Å². The van der Waals surface area contributed by atoms with Crippen LogP contribution >= 0.6 is 11.6 Å². The van der Waals surface area contributed by atoms with Crippen LogP contribution in [0.15, 0.2) is 97.1 Å². The number of fused-ring (bicyclic) bond motifs is 1. The van der Waals surface area contributed by atoms with Gasteiger partial charge in [-0.3, -0.25) is 14.4 Å². The maximum Gasteiger partial charge on any atom is 0.416 e. The fraction of sp³-hybridized carbons (Fsp3) is 0.171. The summed E-state index contributed by atoms with van der Waals surface area (Å²) in [4.78, 5) is 42.0. The number of anilines is 1. The van der Waals surface area contributed by atoms with Gasteiger partial charge in [-0.1, -0.05) is 78.3 Å². The fourth-order valence-electron chi connectivity index (χ4n) is 5.42. The second-order valence-electron chi connectivity index (χ2n) is 10.6. The molecule has 236 valence electrons. The molecule has 3 amide bonds. The van der Waals surface area contributed by atoms with Gasteiger partial charge < -0.3 is 20.1 Å². The van der Waals surface area contributed by atoms with Gasteiger partial charge in [0, 0.05) is 31.6 Å². The van der Waals surface area contributed by atoms with Crippen molar-refractivity contribution >= 4 is 45.9 Å². The first-order valence-corrected chi connectivity index (χ1v) is 14.8. The van der Waals surface area contributed by atoms with Crippen LogP contribution < -0.4 is 15.5 Å². The number of likely N-dealkylation sites (N-methyl/N-ethyl adjacent to an activating group) is 1. The first kappa shape index (κ1) is 32.3. The van der Waals surface area contributed by atoms with E-state index in [1.807, 2.05) is 6.07 Å². The molecule has 1 atom stereocenters. The second-order valence-corrected chi connectivity index (χ2v) is 11.0. The number of benzene rings is 4. The summed E-state index contributed by atoms with van der Waals surface area (Å²) in [5.41, 5.74) is 2.04. The van der Waals surface area contributed by atoms with Crippen molar-refractivity contribution in [1.29, 1.82) is 0 Å². The zero-order valence-electron chi connectivity index (χ0n) is 25.2. The van der Waals surface area contributed by atoms with E-state index in [-0.39, 0.29) is 22.2 Å². The van der Waals surface area contributed by atoms with Gasteiger partial charge in [0.15, 0.2) is 0 Å². The van der Waals surface area contributed by atoms with Crippen molar-refractivity contribution in [2.75, 3.05) is 18.5 Å². The molecular weight excluding hydrogens is 617 g/mol. The third-order valence-corrected chi connectivity index (χ3v) is 8.10. The minimum Gasteiger partial charge on any atom is -0.354 e. The lowest BCUT2D eigenvalue weighted by atomic mass is 9.97. The number of hydrogen-bond donors (Lipinski definition) is 2. The minimum atomic E-state index is -4.48. The van der Waals surface area contributed by atoms with Crippen molar-refractivity contribution in [3.8, 4) is 11.1 Å². The summed E-state index contributed by atoms with van der Waals surface area (Å²) in [5.74, 6) is -1.40. The van der Waals surface area contributed by atoms with Crippen LogP contribution in [0.3, 0.4) is 0 Å². The molecule has 1 aromatic heterocycles. The number of carbonyl (C=O) groups is 3. The van der Waals surface area contributed by atoms with Crippen LogP contribution in [0, 0.1) is 0 Å². The molecule has 0 bridgehead atoms. The Labute approximate surface area is 268 Å². The molecule has 0 fully saturated rings. The van der Waals surface area contributed by atoms with Gasteiger partial charge in [0.1, 0.15) is 11.7 Å². The van der Waals surface area contributed by atoms with E-state index in [4.69, 9.17) is 11.6 Å². The van der Waals surface area contributed by atoms with Gasteiger partial charge in [0.25, 0.3) is 11.8 Å². The topological polar surface area (TPSA) is 83.4 Å². The molecule has 0 aliphatic carbocycles. The second kappa shape index (κ2) is 13.1. The number of carbonyl (C=O) groups excluding carboxylic acids is 3. The fourth-order valence-corrected chi connectivity index (χ4v) is 5.83. The highest BCUT2D eigenvalue weighted by molar-refractivity contribution is 6.40. The van der Waals surface area contributed by atoms with Crippen molar-refractivity contribution in [2.24, 2.45) is 7.05 Å². The summed E-state index contributed by atoms with van der Waals surface area (Å²) in [7, 11) is 3.22. The van der Waals surface area contributed by atoms with Gasteiger partial charge in [-0.05, 0) is 53.9 Å². The zero-order valence-corrected chi connectivity index (χ0v) is 25.9. The van der Waals surface area contributed by atoms with E-state index in [2.05, 4.69) is 10.6 Å². The molecule has 46 heavy (non-hydrogen) atoms. The normalized spacial score (nSPS) is 12.1. The number of nitrogens with one attached hydrogen (secondary N) is 2. The predicted octanol–water partition coefficient (Wildman–Crippen LogP) is 7.40. The van der Waals surface area contributed by atoms with E-state index >= 15 is 0 Å². The Morgan fingerprint density at radius 3 is 2.20 bits per heavy atom. The third-order valence-electron chi connectivity index (χ3n) is 7.73. The molecule has 0 radical (unpaired) electrons. The number of aryl methyl sites for hydroxylation is 1. The van der Waals surface area contributed by atoms with E-state index in [1.165, 1.54) is 17.0 Å². The Hall–Kier alpha value is -5.09. The van der Waals surface area contributed by atoms with Crippen LogP contribution in [0.4, 0.5) is 18.9 Å². The maximum atomic E-state index is 14.0. The predicted molar refractivity (Wildman–Crippen MR) is 173 cm³/mol. The van der Waals surface area contributed by atoms with Crippen LogP contribution in [0.25, 0.3) is 22.0 Å². The molecule has 0 saturated heterocycles. The lowest BCUT2D eigenvalue weighted by Crippen LogP contribution is -2.40. The van der Waals surface area contributed by atoms with Crippen molar-refractivity contribution in [3.63, 3.8) is 0 Å².